The van der Waals surface area contributed by atoms with Crippen LogP contribution in [0.15, 0.2) is 30.3 Å². The molecule has 20 heavy (non-hydrogen) atoms. The summed E-state index contributed by atoms with van der Waals surface area (Å²) in [5.74, 6) is 0.188. The van der Waals surface area contributed by atoms with Gasteiger partial charge in [0.25, 0.3) is 0 Å². The SMILES string of the molecule is CC(C)C(COCCCc1ccccc1)CS(N)(=O)=O. The van der Waals surface area contributed by atoms with Crippen LogP contribution in [-0.2, 0) is 21.2 Å². The second-order valence-corrected chi connectivity index (χ2v) is 7.16. The van der Waals surface area contributed by atoms with E-state index in [-0.39, 0.29) is 17.6 Å². The van der Waals surface area contributed by atoms with Gasteiger partial charge in [-0.25, -0.2) is 13.6 Å². The summed E-state index contributed by atoms with van der Waals surface area (Å²) in [6.45, 7) is 5.07. The van der Waals surface area contributed by atoms with Gasteiger partial charge >= 0.3 is 0 Å². The van der Waals surface area contributed by atoms with Crippen molar-refractivity contribution < 1.29 is 13.2 Å². The molecular weight excluding hydrogens is 274 g/mol. The zero-order valence-electron chi connectivity index (χ0n) is 12.3. The van der Waals surface area contributed by atoms with Gasteiger partial charge in [0.2, 0.25) is 10.0 Å². The Kier molecular flexibility index (Phi) is 7.19. The first-order valence-electron chi connectivity index (χ1n) is 7.00. The minimum Gasteiger partial charge on any atom is -0.381 e. The summed E-state index contributed by atoms with van der Waals surface area (Å²) < 4.78 is 27.9. The molecule has 1 unspecified atom stereocenters. The molecule has 1 atom stereocenters. The second-order valence-electron chi connectivity index (χ2n) is 5.50. The maximum Gasteiger partial charge on any atom is 0.209 e. The number of nitrogens with two attached hydrogens (primary N) is 1. The molecule has 0 radical (unpaired) electrons. The third kappa shape index (κ3) is 7.62. The van der Waals surface area contributed by atoms with Crippen LogP contribution in [-0.4, -0.2) is 27.4 Å². The molecule has 4 nitrogen and oxygen atoms in total. The molecule has 5 heteroatoms. The Hall–Kier alpha value is -0.910. The Labute approximate surface area is 122 Å². The third-order valence-corrected chi connectivity index (χ3v) is 4.21. The highest BCUT2D eigenvalue weighted by Gasteiger charge is 2.19. The fourth-order valence-electron chi connectivity index (χ4n) is 1.99. The molecule has 0 saturated heterocycles. The van der Waals surface area contributed by atoms with E-state index in [0.29, 0.717) is 13.2 Å². The van der Waals surface area contributed by atoms with E-state index < -0.39 is 10.0 Å². The lowest BCUT2D eigenvalue weighted by atomic mass is 9.99. The van der Waals surface area contributed by atoms with Gasteiger partial charge in [-0.1, -0.05) is 44.2 Å². The van der Waals surface area contributed by atoms with Crippen molar-refractivity contribution in [2.75, 3.05) is 19.0 Å². The maximum absolute atomic E-state index is 11.1. The number of ether oxygens (including phenoxy) is 1. The normalized spacial score (nSPS) is 13.6. The molecule has 0 aliphatic carbocycles. The van der Waals surface area contributed by atoms with Crippen molar-refractivity contribution in [2.24, 2.45) is 17.0 Å². The van der Waals surface area contributed by atoms with E-state index in [1.807, 2.05) is 32.0 Å². The van der Waals surface area contributed by atoms with Crippen LogP contribution < -0.4 is 5.14 Å². The van der Waals surface area contributed by atoms with Crippen LogP contribution in [0, 0.1) is 11.8 Å². The predicted molar refractivity (Wildman–Crippen MR) is 81.9 cm³/mol. The van der Waals surface area contributed by atoms with Crippen LogP contribution in [0.2, 0.25) is 0 Å². The molecule has 0 bridgehead atoms. The third-order valence-electron chi connectivity index (χ3n) is 3.32. The summed E-state index contributed by atoms with van der Waals surface area (Å²) in [6.07, 6.45) is 1.91. The largest absolute Gasteiger partial charge is 0.381 e. The Morgan fingerprint density at radius 1 is 1.20 bits per heavy atom. The van der Waals surface area contributed by atoms with Gasteiger partial charge in [0.15, 0.2) is 0 Å². The first-order valence-corrected chi connectivity index (χ1v) is 8.72. The van der Waals surface area contributed by atoms with Gasteiger partial charge in [0.05, 0.1) is 12.4 Å². The molecule has 1 rings (SSSR count). The Bertz CT molecular complexity index is 471. The molecule has 1 aromatic rings. The van der Waals surface area contributed by atoms with Gasteiger partial charge in [-0.15, -0.1) is 0 Å². The quantitative estimate of drug-likeness (QED) is 0.711. The van der Waals surface area contributed by atoms with E-state index in [1.54, 1.807) is 0 Å². The molecule has 1 aromatic carbocycles. The van der Waals surface area contributed by atoms with Crippen LogP contribution in [0.1, 0.15) is 25.8 Å². The number of hydrogen-bond donors (Lipinski definition) is 1. The number of aryl methyl sites for hydroxylation is 1. The molecule has 0 amide bonds. The second kappa shape index (κ2) is 8.39. The lowest BCUT2D eigenvalue weighted by Crippen LogP contribution is -2.29. The lowest BCUT2D eigenvalue weighted by molar-refractivity contribution is 0.0892. The molecule has 114 valence electrons. The minimum absolute atomic E-state index is 0.0106. The highest BCUT2D eigenvalue weighted by atomic mass is 32.2. The minimum atomic E-state index is -3.43. The fourth-order valence-corrected chi connectivity index (χ4v) is 3.07. The van der Waals surface area contributed by atoms with Crippen LogP contribution in [0.5, 0.6) is 0 Å². The first-order chi connectivity index (χ1) is 9.38. The van der Waals surface area contributed by atoms with E-state index in [1.165, 1.54) is 5.56 Å². The summed E-state index contributed by atoms with van der Waals surface area (Å²) in [7, 11) is -3.43. The van der Waals surface area contributed by atoms with E-state index in [9.17, 15) is 8.42 Å². The molecule has 2 N–H and O–H groups in total. The van der Waals surface area contributed by atoms with Crippen LogP contribution >= 0.6 is 0 Å². The standard InChI is InChI=1S/C15H25NO3S/c1-13(2)15(12-20(16,17)18)11-19-10-6-9-14-7-4-3-5-8-14/h3-5,7-8,13,15H,6,9-12H2,1-2H3,(H2,16,17,18). The molecule has 0 aliphatic rings. The van der Waals surface area contributed by atoms with E-state index in [2.05, 4.69) is 12.1 Å². The van der Waals surface area contributed by atoms with E-state index >= 15 is 0 Å². The van der Waals surface area contributed by atoms with Crippen molar-refractivity contribution in [2.45, 2.75) is 26.7 Å². The first kappa shape index (κ1) is 17.1. The zero-order chi connectivity index (χ0) is 15.0. The van der Waals surface area contributed by atoms with Crippen molar-refractivity contribution in [1.82, 2.24) is 0 Å². The summed E-state index contributed by atoms with van der Waals surface area (Å²) in [5.41, 5.74) is 1.29. The average Bonchev–Trinajstić information content (AvgIpc) is 2.36. The Balaban J connectivity index is 2.24. The average molecular weight is 299 g/mol. The van der Waals surface area contributed by atoms with Crippen LogP contribution in [0.4, 0.5) is 0 Å². The van der Waals surface area contributed by atoms with Gasteiger partial charge in [-0.3, -0.25) is 0 Å². The highest BCUT2D eigenvalue weighted by molar-refractivity contribution is 7.89. The van der Waals surface area contributed by atoms with Crippen molar-refractivity contribution in [3.63, 3.8) is 0 Å². The van der Waals surface area contributed by atoms with Gasteiger partial charge < -0.3 is 4.74 Å². The Morgan fingerprint density at radius 2 is 1.85 bits per heavy atom. The topological polar surface area (TPSA) is 69.4 Å². The smallest absolute Gasteiger partial charge is 0.209 e. The van der Waals surface area contributed by atoms with Gasteiger partial charge in [-0.2, -0.15) is 0 Å². The number of rotatable bonds is 9. The fraction of sp³-hybridized carbons (Fsp3) is 0.600. The molecule has 0 aromatic heterocycles. The summed E-state index contributed by atoms with van der Waals surface area (Å²) in [6, 6.07) is 10.2. The maximum atomic E-state index is 11.1. The van der Waals surface area contributed by atoms with Crippen molar-refractivity contribution in [1.29, 1.82) is 0 Å². The molecule has 0 heterocycles. The van der Waals surface area contributed by atoms with E-state index in [0.717, 1.165) is 12.8 Å². The van der Waals surface area contributed by atoms with Gasteiger partial charge in [-0.05, 0) is 30.2 Å². The van der Waals surface area contributed by atoms with Gasteiger partial charge in [0, 0.05) is 6.61 Å². The molecule has 0 aliphatic heterocycles. The number of hydrogen-bond acceptors (Lipinski definition) is 3. The lowest BCUT2D eigenvalue weighted by Gasteiger charge is -2.19. The molecular formula is C15H25NO3S. The predicted octanol–water partition coefficient (Wildman–Crippen LogP) is 2.20. The van der Waals surface area contributed by atoms with Crippen molar-refractivity contribution >= 4 is 10.0 Å². The van der Waals surface area contributed by atoms with Gasteiger partial charge in [0.1, 0.15) is 0 Å². The molecule has 0 spiro atoms. The van der Waals surface area contributed by atoms with Crippen molar-refractivity contribution in [3.8, 4) is 0 Å². The summed E-state index contributed by atoms with van der Waals surface area (Å²) >= 11 is 0. The summed E-state index contributed by atoms with van der Waals surface area (Å²) in [4.78, 5) is 0. The highest BCUT2D eigenvalue weighted by Crippen LogP contribution is 2.13. The number of sulfonamides is 1. The van der Waals surface area contributed by atoms with Crippen molar-refractivity contribution in [3.05, 3.63) is 35.9 Å². The molecule has 0 saturated carbocycles. The number of benzene rings is 1. The van der Waals surface area contributed by atoms with Crippen LogP contribution in [0.3, 0.4) is 0 Å². The van der Waals surface area contributed by atoms with Crippen LogP contribution in [0.25, 0.3) is 0 Å². The molecule has 0 fully saturated rings. The summed E-state index contributed by atoms with van der Waals surface area (Å²) in [5, 5.41) is 5.10. The monoisotopic (exact) mass is 299 g/mol. The zero-order valence-corrected chi connectivity index (χ0v) is 13.1. The number of primary sulfonamides is 1. The van der Waals surface area contributed by atoms with E-state index in [4.69, 9.17) is 9.88 Å². The Morgan fingerprint density at radius 3 is 2.40 bits per heavy atom.